The van der Waals surface area contributed by atoms with Gasteiger partial charge in [0.15, 0.2) is 0 Å². The highest BCUT2D eigenvalue weighted by Gasteiger charge is 2.31. The van der Waals surface area contributed by atoms with E-state index in [1.54, 1.807) is 11.3 Å². The summed E-state index contributed by atoms with van der Waals surface area (Å²) in [6.45, 7) is 0.760. The Balaban J connectivity index is 1.72. The molecule has 2 aromatic rings. The molecule has 0 radical (unpaired) electrons. The molecule has 0 saturated carbocycles. The van der Waals surface area contributed by atoms with Gasteiger partial charge in [-0.3, -0.25) is 9.59 Å². The molecule has 1 atom stereocenters. The number of likely N-dealkylation sites (tertiary alicyclic amines) is 1. The first-order valence-corrected chi connectivity index (χ1v) is 9.13. The van der Waals surface area contributed by atoms with Gasteiger partial charge < -0.3 is 10.6 Å². The number of amides is 2. The number of nitrogens with two attached hydrogens (primary N) is 1. The Morgan fingerprint density at radius 1 is 1.36 bits per heavy atom. The Morgan fingerprint density at radius 3 is 2.95 bits per heavy atom. The number of hydrogen-bond acceptors (Lipinski definition) is 5. The number of primary amides is 1. The van der Waals surface area contributed by atoms with Crippen LogP contribution in [0, 0.1) is 0 Å². The number of rotatable bonds is 5. The lowest BCUT2D eigenvalue weighted by Crippen LogP contribution is -2.32. The van der Waals surface area contributed by atoms with Crippen molar-refractivity contribution in [3.63, 3.8) is 0 Å². The molecule has 5 nitrogen and oxygen atoms in total. The highest BCUT2D eigenvalue weighted by atomic mass is 32.2. The molecule has 1 aromatic heterocycles. The molecule has 22 heavy (non-hydrogen) atoms. The van der Waals surface area contributed by atoms with Gasteiger partial charge in [-0.05, 0) is 25.0 Å². The lowest BCUT2D eigenvalue weighted by molar-refractivity contribution is -0.129. The monoisotopic (exact) mass is 335 g/mol. The van der Waals surface area contributed by atoms with Gasteiger partial charge in [0.05, 0.1) is 27.8 Å². The maximum absolute atomic E-state index is 12.4. The van der Waals surface area contributed by atoms with Crippen LogP contribution < -0.4 is 5.73 Å². The fourth-order valence-corrected chi connectivity index (χ4v) is 4.44. The molecule has 2 heterocycles. The second-order valence-corrected chi connectivity index (χ2v) is 7.27. The molecule has 7 heteroatoms. The zero-order valence-corrected chi connectivity index (χ0v) is 13.7. The van der Waals surface area contributed by atoms with E-state index in [2.05, 4.69) is 11.1 Å². The average Bonchev–Trinajstić information content (AvgIpc) is 3.12. The van der Waals surface area contributed by atoms with E-state index in [-0.39, 0.29) is 23.6 Å². The second-order valence-electron chi connectivity index (χ2n) is 5.22. The predicted molar refractivity (Wildman–Crippen MR) is 89.8 cm³/mol. The van der Waals surface area contributed by atoms with Crippen LogP contribution in [-0.2, 0) is 9.59 Å². The summed E-state index contributed by atoms with van der Waals surface area (Å²) in [7, 11) is 0. The van der Waals surface area contributed by atoms with Crippen molar-refractivity contribution in [2.45, 2.75) is 18.9 Å². The fraction of sp³-hybridized carbons (Fsp3) is 0.400. The number of thioether (sulfide) groups is 1. The standard InChI is InChI=1S/C15H17N3O2S2/c16-13(19)8-21-9-14(20)18-7-3-5-11(18)15-17-10-4-1-2-6-12(10)22-15/h1-2,4,6,11H,3,5,7-9H2,(H2,16,19). The molecule has 0 spiro atoms. The van der Waals surface area contributed by atoms with Crippen molar-refractivity contribution in [2.24, 2.45) is 5.73 Å². The molecule has 1 unspecified atom stereocenters. The van der Waals surface area contributed by atoms with Crippen LogP contribution in [0.25, 0.3) is 10.2 Å². The molecule has 2 amide bonds. The number of aromatic nitrogens is 1. The third kappa shape index (κ3) is 3.25. The van der Waals surface area contributed by atoms with Crippen molar-refractivity contribution in [3.05, 3.63) is 29.3 Å². The van der Waals surface area contributed by atoms with Gasteiger partial charge >= 0.3 is 0 Å². The molecular weight excluding hydrogens is 318 g/mol. The number of hydrogen-bond donors (Lipinski definition) is 1. The minimum absolute atomic E-state index is 0.0630. The van der Waals surface area contributed by atoms with Crippen molar-refractivity contribution < 1.29 is 9.59 Å². The van der Waals surface area contributed by atoms with Crippen LogP contribution in [0.5, 0.6) is 0 Å². The molecule has 1 aliphatic heterocycles. The van der Waals surface area contributed by atoms with E-state index in [9.17, 15) is 9.59 Å². The summed E-state index contributed by atoms with van der Waals surface area (Å²) in [5.74, 6) is 0.158. The van der Waals surface area contributed by atoms with Crippen molar-refractivity contribution in [3.8, 4) is 0 Å². The maximum atomic E-state index is 12.4. The average molecular weight is 335 g/mol. The number of carbonyl (C=O) groups excluding carboxylic acids is 2. The highest BCUT2D eigenvalue weighted by molar-refractivity contribution is 8.00. The Hall–Kier alpha value is -1.60. The molecule has 1 saturated heterocycles. The van der Waals surface area contributed by atoms with Gasteiger partial charge in [0.1, 0.15) is 5.01 Å². The van der Waals surface area contributed by atoms with E-state index in [0.29, 0.717) is 5.75 Å². The van der Waals surface area contributed by atoms with Gasteiger partial charge in [-0.1, -0.05) is 12.1 Å². The van der Waals surface area contributed by atoms with E-state index in [1.165, 1.54) is 11.8 Å². The van der Waals surface area contributed by atoms with Crippen molar-refractivity contribution in [2.75, 3.05) is 18.1 Å². The van der Waals surface area contributed by atoms with Gasteiger partial charge in [0, 0.05) is 6.54 Å². The molecule has 116 valence electrons. The number of thiazole rings is 1. The van der Waals surface area contributed by atoms with Crippen LogP contribution in [0.4, 0.5) is 0 Å². The molecule has 0 aliphatic carbocycles. The van der Waals surface area contributed by atoms with E-state index in [1.807, 2.05) is 23.1 Å². The second kappa shape index (κ2) is 6.66. The Morgan fingerprint density at radius 2 is 2.18 bits per heavy atom. The third-order valence-corrected chi connectivity index (χ3v) is 5.72. The van der Waals surface area contributed by atoms with Gasteiger partial charge in [0.25, 0.3) is 0 Å². The van der Waals surface area contributed by atoms with Gasteiger partial charge in [0.2, 0.25) is 11.8 Å². The largest absolute Gasteiger partial charge is 0.369 e. The predicted octanol–water partition coefficient (Wildman–Crippen LogP) is 2.18. The normalized spacial score (nSPS) is 18.0. The molecular formula is C15H17N3O2S2. The summed E-state index contributed by atoms with van der Waals surface area (Å²) in [6.07, 6.45) is 1.94. The first kappa shape index (κ1) is 15.3. The van der Waals surface area contributed by atoms with Crippen molar-refractivity contribution in [1.29, 1.82) is 0 Å². The number of carbonyl (C=O) groups is 2. The van der Waals surface area contributed by atoms with Crippen LogP contribution >= 0.6 is 23.1 Å². The topological polar surface area (TPSA) is 76.3 Å². The van der Waals surface area contributed by atoms with E-state index in [0.717, 1.165) is 34.6 Å². The molecule has 0 bridgehead atoms. The first-order valence-electron chi connectivity index (χ1n) is 7.16. The number of nitrogens with zero attached hydrogens (tertiary/aromatic N) is 2. The number of fused-ring (bicyclic) bond motifs is 1. The first-order chi connectivity index (χ1) is 10.6. The van der Waals surface area contributed by atoms with Crippen LogP contribution in [0.2, 0.25) is 0 Å². The van der Waals surface area contributed by atoms with Crippen LogP contribution in [0.1, 0.15) is 23.9 Å². The summed E-state index contributed by atoms with van der Waals surface area (Å²) >= 11 is 2.93. The minimum atomic E-state index is -0.387. The highest BCUT2D eigenvalue weighted by Crippen LogP contribution is 2.36. The summed E-state index contributed by atoms with van der Waals surface area (Å²) in [5, 5.41) is 1.01. The number of para-hydroxylation sites is 1. The Bertz CT molecular complexity index is 668. The maximum Gasteiger partial charge on any atom is 0.233 e. The van der Waals surface area contributed by atoms with E-state index in [4.69, 9.17) is 5.73 Å². The molecule has 1 aromatic carbocycles. The lowest BCUT2D eigenvalue weighted by atomic mass is 10.2. The van der Waals surface area contributed by atoms with Gasteiger partial charge in [-0.25, -0.2) is 4.98 Å². The zero-order chi connectivity index (χ0) is 15.5. The summed E-state index contributed by atoms with van der Waals surface area (Å²) < 4.78 is 1.15. The lowest BCUT2D eigenvalue weighted by Gasteiger charge is -2.22. The summed E-state index contributed by atoms with van der Waals surface area (Å²) in [6, 6.07) is 8.10. The Kier molecular flexibility index (Phi) is 4.63. The quantitative estimate of drug-likeness (QED) is 0.908. The van der Waals surface area contributed by atoms with Crippen LogP contribution in [0.3, 0.4) is 0 Å². The zero-order valence-electron chi connectivity index (χ0n) is 12.0. The van der Waals surface area contributed by atoms with Gasteiger partial charge in [-0.2, -0.15) is 0 Å². The van der Waals surface area contributed by atoms with Gasteiger partial charge in [-0.15, -0.1) is 23.1 Å². The summed E-state index contributed by atoms with van der Waals surface area (Å²) in [4.78, 5) is 29.7. The molecule has 3 rings (SSSR count). The SMILES string of the molecule is NC(=O)CSCC(=O)N1CCCC1c1nc2ccccc2s1. The van der Waals surface area contributed by atoms with Crippen molar-refractivity contribution in [1.82, 2.24) is 9.88 Å². The van der Waals surface area contributed by atoms with Crippen LogP contribution in [0.15, 0.2) is 24.3 Å². The smallest absolute Gasteiger partial charge is 0.233 e. The summed E-state index contributed by atoms with van der Waals surface area (Å²) in [5.41, 5.74) is 6.09. The minimum Gasteiger partial charge on any atom is -0.369 e. The molecule has 2 N–H and O–H groups in total. The van der Waals surface area contributed by atoms with E-state index < -0.39 is 0 Å². The Labute approximate surface area is 136 Å². The van der Waals surface area contributed by atoms with Crippen LogP contribution in [-0.4, -0.2) is 39.7 Å². The van der Waals surface area contributed by atoms with Crippen molar-refractivity contribution >= 4 is 45.1 Å². The third-order valence-electron chi connectivity index (χ3n) is 3.64. The number of benzene rings is 1. The van der Waals surface area contributed by atoms with E-state index >= 15 is 0 Å². The fourth-order valence-electron chi connectivity index (χ4n) is 2.68. The molecule has 1 fully saturated rings. The molecule has 1 aliphatic rings.